The van der Waals surface area contributed by atoms with Crippen molar-refractivity contribution in [3.63, 3.8) is 0 Å². The van der Waals surface area contributed by atoms with Crippen molar-refractivity contribution in [2.45, 2.75) is 32.1 Å². The van der Waals surface area contributed by atoms with Gasteiger partial charge in [-0.05, 0) is 43.5 Å². The fourth-order valence-electron chi connectivity index (χ4n) is 2.81. The molecule has 126 valence electrons. The smallest absolute Gasteiger partial charge is 0.348 e. The van der Waals surface area contributed by atoms with Gasteiger partial charge < -0.3 is 14.3 Å². The Labute approximate surface area is 141 Å². The lowest BCUT2D eigenvalue weighted by molar-refractivity contribution is 0.490. The topological polar surface area (TPSA) is 62.1 Å². The minimum absolute atomic E-state index is 0.326. The third-order valence-corrected chi connectivity index (χ3v) is 4.20. The van der Waals surface area contributed by atoms with Gasteiger partial charge in [-0.25, -0.2) is 4.79 Å². The van der Waals surface area contributed by atoms with Crippen molar-refractivity contribution in [2.24, 2.45) is 0 Å². The molecule has 3 rings (SSSR count). The van der Waals surface area contributed by atoms with Crippen molar-refractivity contribution < 1.29 is 4.42 Å². The predicted molar refractivity (Wildman–Crippen MR) is 96.5 cm³/mol. The summed E-state index contributed by atoms with van der Waals surface area (Å²) in [6.07, 6.45) is 7.66. The van der Waals surface area contributed by atoms with Crippen LogP contribution >= 0.6 is 0 Å². The Morgan fingerprint density at radius 2 is 1.92 bits per heavy atom. The van der Waals surface area contributed by atoms with Crippen molar-refractivity contribution in [1.82, 2.24) is 9.97 Å². The number of H-pyrrole nitrogens is 1. The molecule has 0 unspecified atom stereocenters. The third kappa shape index (κ3) is 4.04. The van der Waals surface area contributed by atoms with Crippen LogP contribution in [0.1, 0.15) is 31.4 Å². The average molecular weight is 325 g/mol. The standard InChI is InChI=1S/C19H23N3O2/c1-22(14-7-3-2-4-9-15-10-8-13-20-15)19-21-17-12-6-5-11-16(17)18(23)24-19/h5-6,8,10-13,20H,2-4,7,9,14H2,1H3. The number of nitrogens with one attached hydrogen (secondary N) is 1. The maximum absolute atomic E-state index is 12.0. The number of fused-ring (bicyclic) bond motifs is 1. The zero-order valence-corrected chi connectivity index (χ0v) is 14.0. The highest BCUT2D eigenvalue weighted by Gasteiger charge is 2.09. The normalized spacial score (nSPS) is 11.0. The number of rotatable bonds is 8. The van der Waals surface area contributed by atoms with Gasteiger partial charge >= 0.3 is 5.63 Å². The van der Waals surface area contributed by atoms with Crippen LogP contribution in [0, 0.1) is 0 Å². The second-order valence-corrected chi connectivity index (χ2v) is 6.08. The Morgan fingerprint density at radius 1 is 1.08 bits per heavy atom. The van der Waals surface area contributed by atoms with Crippen molar-refractivity contribution in [1.29, 1.82) is 0 Å². The van der Waals surface area contributed by atoms with Crippen LogP contribution in [-0.4, -0.2) is 23.6 Å². The SMILES string of the molecule is CN(CCCCCCc1ccc[nH]1)c1nc2ccccc2c(=O)o1. The molecule has 0 saturated carbocycles. The lowest BCUT2D eigenvalue weighted by Crippen LogP contribution is -2.21. The van der Waals surface area contributed by atoms with E-state index in [0.29, 0.717) is 16.9 Å². The third-order valence-electron chi connectivity index (χ3n) is 4.20. The maximum Gasteiger partial charge on any atom is 0.348 e. The number of aromatic nitrogens is 2. The van der Waals surface area contributed by atoms with Gasteiger partial charge in [0, 0.05) is 25.5 Å². The molecule has 0 atom stereocenters. The maximum atomic E-state index is 12.0. The van der Waals surface area contributed by atoms with E-state index in [9.17, 15) is 4.79 Å². The van der Waals surface area contributed by atoms with Crippen LogP contribution in [0.15, 0.2) is 51.8 Å². The van der Waals surface area contributed by atoms with Crippen LogP contribution in [0.4, 0.5) is 6.01 Å². The fraction of sp³-hybridized carbons (Fsp3) is 0.368. The second-order valence-electron chi connectivity index (χ2n) is 6.08. The molecular weight excluding hydrogens is 302 g/mol. The monoisotopic (exact) mass is 325 g/mol. The number of unbranched alkanes of at least 4 members (excludes halogenated alkanes) is 3. The summed E-state index contributed by atoms with van der Waals surface area (Å²) in [5.74, 6) is 0. The van der Waals surface area contributed by atoms with Crippen LogP contribution in [0.2, 0.25) is 0 Å². The summed E-state index contributed by atoms with van der Waals surface area (Å²) in [4.78, 5) is 21.6. The van der Waals surface area contributed by atoms with Crippen LogP contribution < -0.4 is 10.5 Å². The molecule has 0 radical (unpaired) electrons. The molecule has 2 heterocycles. The summed E-state index contributed by atoms with van der Waals surface area (Å²) < 4.78 is 5.33. The van der Waals surface area contributed by atoms with E-state index in [0.717, 1.165) is 25.8 Å². The molecule has 0 aliphatic carbocycles. The number of hydrogen-bond donors (Lipinski definition) is 1. The summed E-state index contributed by atoms with van der Waals surface area (Å²) >= 11 is 0. The summed E-state index contributed by atoms with van der Waals surface area (Å²) in [7, 11) is 1.92. The molecule has 0 spiro atoms. The van der Waals surface area contributed by atoms with E-state index < -0.39 is 0 Å². The number of para-hydroxylation sites is 1. The van der Waals surface area contributed by atoms with Crippen molar-refractivity contribution in [2.75, 3.05) is 18.5 Å². The minimum atomic E-state index is -0.326. The van der Waals surface area contributed by atoms with Crippen molar-refractivity contribution in [3.05, 3.63) is 58.7 Å². The number of aromatic amines is 1. The predicted octanol–water partition coefficient (Wildman–Crippen LogP) is 3.76. The molecule has 0 fully saturated rings. The first-order chi connectivity index (χ1) is 11.7. The zero-order valence-electron chi connectivity index (χ0n) is 14.0. The molecule has 0 aliphatic heterocycles. The van der Waals surface area contributed by atoms with Crippen LogP contribution in [0.3, 0.4) is 0 Å². The average Bonchev–Trinajstić information content (AvgIpc) is 3.11. The van der Waals surface area contributed by atoms with E-state index in [1.807, 2.05) is 42.4 Å². The van der Waals surface area contributed by atoms with Gasteiger partial charge in [-0.2, -0.15) is 4.98 Å². The van der Waals surface area contributed by atoms with Crippen LogP contribution in [-0.2, 0) is 6.42 Å². The molecule has 5 heteroatoms. The number of nitrogens with zero attached hydrogens (tertiary/aromatic N) is 2. The van der Waals surface area contributed by atoms with Gasteiger partial charge in [0.15, 0.2) is 0 Å². The molecular formula is C19H23N3O2. The van der Waals surface area contributed by atoms with Gasteiger partial charge in [0.2, 0.25) is 0 Å². The molecule has 0 amide bonds. The van der Waals surface area contributed by atoms with Gasteiger partial charge in [0.1, 0.15) is 0 Å². The summed E-state index contributed by atoms with van der Waals surface area (Å²) in [6.45, 7) is 0.830. The second kappa shape index (κ2) is 7.81. The van der Waals surface area contributed by atoms with Gasteiger partial charge in [-0.15, -0.1) is 0 Å². The van der Waals surface area contributed by atoms with Crippen molar-refractivity contribution in [3.8, 4) is 0 Å². The first kappa shape index (κ1) is 16.3. The highest BCUT2D eigenvalue weighted by atomic mass is 16.4. The molecule has 24 heavy (non-hydrogen) atoms. The van der Waals surface area contributed by atoms with Gasteiger partial charge in [-0.1, -0.05) is 25.0 Å². The summed E-state index contributed by atoms with van der Waals surface area (Å²) in [5.41, 5.74) is 1.66. The minimum Gasteiger partial charge on any atom is -0.389 e. The molecule has 0 bridgehead atoms. The molecule has 1 aromatic carbocycles. The molecule has 1 N–H and O–H groups in total. The molecule has 0 aliphatic rings. The number of hydrogen-bond acceptors (Lipinski definition) is 4. The van der Waals surface area contributed by atoms with E-state index in [-0.39, 0.29) is 5.63 Å². The zero-order chi connectivity index (χ0) is 16.8. The molecule has 5 nitrogen and oxygen atoms in total. The first-order valence-electron chi connectivity index (χ1n) is 8.47. The van der Waals surface area contributed by atoms with E-state index in [2.05, 4.69) is 16.0 Å². The van der Waals surface area contributed by atoms with E-state index in [4.69, 9.17) is 4.42 Å². The molecule has 3 aromatic rings. The van der Waals surface area contributed by atoms with Crippen molar-refractivity contribution >= 4 is 16.9 Å². The highest BCUT2D eigenvalue weighted by molar-refractivity contribution is 5.77. The Kier molecular flexibility index (Phi) is 5.31. The Morgan fingerprint density at radius 3 is 2.75 bits per heavy atom. The first-order valence-corrected chi connectivity index (χ1v) is 8.47. The van der Waals surface area contributed by atoms with Gasteiger partial charge in [0.25, 0.3) is 6.01 Å². The van der Waals surface area contributed by atoms with Gasteiger partial charge in [0.05, 0.1) is 10.9 Å². The van der Waals surface area contributed by atoms with E-state index in [1.54, 1.807) is 6.07 Å². The quantitative estimate of drug-likeness (QED) is 0.641. The largest absolute Gasteiger partial charge is 0.389 e. The Balaban J connectivity index is 1.46. The lowest BCUT2D eigenvalue weighted by atomic mass is 10.1. The van der Waals surface area contributed by atoms with E-state index >= 15 is 0 Å². The number of anilines is 1. The Hall–Kier alpha value is -2.56. The summed E-state index contributed by atoms with van der Waals surface area (Å²) in [6, 6.07) is 11.8. The Bertz CT molecular complexity index is 824. The van der Waals surface area contributed by atoms with Gasteiger partial charge in [-0.3, -0.25) is 0 Å². The summed E-state index contributed by atoms with van der Waals surface area (Å²) in [5, 5.41) is 0.527. The molecule has 2 aromatic heterocycles. The van der Waals surface area contributed by atoms with Crippen LogP contribution in [0.25, 0.3) is 10.9 Å². The van der Waals surface area contributed by atoms with E-state index in [1.165, 1.54) is 18.5 Å². The van der Waals surface area contributed by atoms with Crippen LogP contribution in [0.5, 0.6) is 0 Å². The number of aryl methyl sites for hydroxylation is 1. The lowest BCUT2D eigenvalue weighted by Gasteiger charge is -2.16. The number of benzene rings is 1. The molecule has 0 saturated heterocycles. The fourth-order valence-corrected chi connectivity index (χ4v) is 2.81. The highest BCUT2D eigenvalue weighted by Crippen LogP contribution is 2.14.